The molecule has 5 heterocycles. The minimum Gasteiger partial charge on any atom is -0.260 e. The first-order valence-electron chi connectivity index (χ1n) is 18.9. The third-order valence-corrected chi connectivity index (χ3v) is 10.5. The van der Waals surface area contributed by atoms with E-state index in [1.165, 1.54) is 27.8 Å². The maximum absolute atomic E-state index is 5.69. The van der Waals surface area contributed by atoms with Crippen molar-refractivity contribution >= 4 is 0 Å². The van der Waals surface area contributed by atoms with Gasteiger partial charge < -0.3 is 0 Å². The van der Waals surface area contributed by atoms with Crippen LogP contribution in [0.2, 0.25) is 0 Å². The van der Waals surface area contributed by atoms with E-state index >= 15 is 0 Å². The molecule has 6 bridgehead atoms. The normalized spacial score (nSPS) is 17.2. The molecule has 6 aromatic rings. The van der Waals surface area contributed by atoms with Gasteiger partial charge in [-0.05, 0) is 81.5 Å². The third kappa shape index (κ3) is 8.03. The van der Waals surface area contributed by atoms with Gasteiger partial charge >= 0.3 is 19.5 Å². The summed E-state index contributed by atoms with van der Waals surface area (Å²) in [4.78, 5) is 22.0. The third-order valence-electron chi connectivity index (χ3n) is 10.5. The van der Waals surface area contributed by atoms with Crippen molar-refractivity contribution in [3.63, 3.8) is 0 Å². The van der Waals surface area contributed by atoms with Crippen LogP contribution < -0.4 is 0 Å². The molecular formula is C49H52N4Ru. The summed E-state index contributed by atoms with van der Waals surface area (Å²) in [5, 5.41) is 0. The van der Waals surface area contributed by atoms with Gasteiger partial charge in [0, 0.05) is 18.0 Å². The van der Waals surface area contributed by atoms with Crippen molar-refractivity contribution in [2.24, 2.45) is 0 Å². The summed E-state index contributed by atoms with van der Waals surface area (Å²) in [5.41, 5.74) is 14.2. The molecule has 1 aliphatic heterocycles. The number of hydrogen-bond donors (Lipinski definition) is 0. The molecule has 4 nitrogen and oxygen atoms in total. The predicted octanol–water partition coefficient (Wildman–Crippen LogP) is 11.2. The fourth-order valence-electron chi connectivity index (χ4n) is 7.39. The molecular weight excluding hydrogens is 746 g/mol. The van der Waals surface area contributed by atoms with Crippen LogP contribution in [0, 0.1) is 26.0 Å². The Morgan fingerprint density at radius 1 is 0.444 bits per heavy atom. The average Bonchev–Trinajstić information content (AvgIpc) is 3.08. The average molecular weight is 798 g/mol. The zero-order valence-corrected chi connectivity index (χ0v) is 35.4. The second kappa shape index (κ2) is 14.7. The molecule has 0 aliphatic carbocycles. The number of pyridine rings is 4. The van der Waals surface area contributed by atoms with E-state index in [1.54, 1.807) is 0 Å². The first-order valence-corrected chi connectivity index (χ1v) is 18.9. The van der Waals surface area contributed by atoms with Gasteiger partial charge in [-0.1, -0.05) is 82.2 Å². The van der Waals surface area contributed by atoms with E-state index in [-0.39, 0.29) is 53.5 Å². The van der Waals surface area contributed by atoms with E-state index in [4.69, 9.17) is 19.9 Å². The summed E-state index contributed by atoms with van der Waals surface area (Å²) in [6, 6.07) is 40.0. The van der Waals surface area contributed by atoms with Crippen molar-refractivity contribution in [1.82, 2.24) is 19.9 Å². The molecule has 0 radical (unpaired) electrons. The molecule has 2 unspecified atom stereocenters. The standard InChI is InChI=1S/C49H52N4.Ru/c1-30-16-14-18-32(22-30)44-38-24-34(47(3,4)5)25-39(51-38)45(33-19-15-17-31(2)23-33)41-27-36(49(9,10)11)29-43(53-41)46(37-20-12-13-21-50-37)42-28-35(48(6,7)8)26-40(44)52-42;/h12-17,20-29,44-46H,1-11H3;/q-2;+2. The number of aryl methyl sites for hydroxylation is 2. The van der Waals surface area contributed by atoms with Gasteiger partial charge in [-0.2, -0.15) is 59.7 Å². The van der Waals surface area contributed by atoms with Gasteiger partial charge in [0.05, 0.1) is 45.8 Å². The number of hydrogen-bond acceptors (Lipinski definition) is 4. The number of rotatable bonds is 3. The monoisotopic (exact) mass is 798 g/mol. The Bertz CT molecular complexity index is 2160. The number of aromatic nitrogens is 4. The molecule has 2 aromatic carbocycles. The minimum atomic E-state index is -0.307. The fraction of sp³-hybridized carbons (Fsp3) is 0.347. The Hall–Kier alpha value is -4.34. The van der Waals surface area contributed by atoms with Crippen LogP contribution in [0.15, 0.2) is 97.2 Å². The molecule has 4 aromatic heterocycles. The maximum Gasteiger partial charge on any atom is 2.00 e. The molecule has 2 atom stereocenters. The van der Waals surface area contributed by atoms with Crippen LogP contribution in [0.5, 0.6) is 0 Å². The summed E-state index contributed by atoms with van der Waals surface area (Å²) >= 11 is 0. The van der Waals surface area contributed by atoms with Crippen LogP contribution in [0.25, 0.3) is 0 Å². The second-order valence-corrected chi connectivity index (χ2v) is 18.1. The van der Waals surface area contributed by atoms with E-state index in [0.29, 0.717) is 0 Å². The largest absolute Gasteiger partial charge is 2.00 e. The molecule has 0 spiro atoms. The van der Waals surface area contributed by atoms with Crippen LogP contribution in [-0.4, -0.2) is 19.9 Å². The molecule has 0 saturated heterocycles. The van der Waals surface area contributed by atoms with Crippen molar-refractivity contribution in [2.75, 3.05) is 0 Å². The Morgan fingerprint density at radius 2 is 0.796 bits per heavy atom. The molecule has 0 N–H and O–H groups in total. The maximum atomic E-state index is 5.69. The van der Waals surface area contributed by atoms with E-state index in [1.807, 2.05) is 24.4 Å². The number of fused-ring (bicyclic) bond motifs is 6. The minimum absolute atomic E-state index is 0. The first-order chi connectivity index (χ1) is 25.0. The Morgan fingerprint density at radius 3 is 1.09 bits per heavy atom. The fourth-order valence-corrected chi connectivity index (χ4v) is 7.39. The molecule has 54 heavy (non-hydrogen) atoms. The van der Waals surface area contributed by atoms with Gasteiger partial charge in [0.15, 0.2) is 0 Å². The Labute approximate surface area is 336 Å². The van der Waals surface area contributed by atoms with Gasteiger partial charge in [-0.3, -0.25) is 19.9 Å². The van der Waals surface area contributed by atoms with E-state index in [2.05, 4.69) is 161 Å². The Balaban J connectivity index is 0.00000497. The topological polar surface area (TPSA) is 51.6 Å². The quantitative estimate of drug-likeness (QED) is 0.132. The predicted molar refractivity (Wildman–Crippen MR) is 216 cm³/mol. The van der Waals surface area contributed by atoms with Crippen molar-refractivity contribution in [3.8, 4) is 0 Å². The first kappa shape index (κ1) is 39.4. The van der Waals surface area contributed by atoms with Crippen molar-refractivity contribution < 1.29 is 19.5 Å². The van der Waals surface area contributed by atoms with Gasteiger partial charge in [0.1, 0.15) is 0 Å². The van der Waals surface area contributed by atoms with E-state index in [0.717, 1.165) is 51.0 Å². The Kier molecular flexibility index (Phi) is 10.7. The van der Waals surface area contributed by atoms with Gasteiger partial charge in [0.25, 0.3) is 0 Å². The van der Waals surface area contributed by atoms with Crippen LogP contribution >= 0.6 is 0 Å². The van der Waals surface area contributed by atoms with Crippen molar-refractivity contribution in [2.45, 2.75) is 110 Å². The van der Waals surface area contributed by atoms with E-state index in [9.17, 15) is 0 Å². The molecule has 5 heteroatoms. The molecule has 1 aliphatic rings. The van der Waals surface area contributed by atoms with Gasteiger partial charge in [-0.25, -0.2) is 0 Å². The summed E-state index contributed by atoms with van der Waals surface area (Å²) in [6.07, 6.45) is 1.88. The summed E-state index contributed by atoms with van der Waals surface area (Å²) in [6.45, 7) is 24.8. The summed E-state index contributed by atoms with van der Waals surface area (Å²) < 4.78 is 0. The van der Waals surface area contributed by atoms with Crippen LogP contribution in [0.1, 0.15) is 159 Å². The number of nitrogens with zero attached hydrogens (tertiary/aromatic N) is 4. The van der Waals surface area contributed by atoms with Crippen molar-refractivity contribution in [3.05, 3.63) is 188 Å². The second-order valence-electron chi connectivity index (χ2n) is 18.1. The van der Waals surface area contributed by atoms with Crippen LogP contribution in [0.3, 0.4) is 0 Å². The molecule has 7 rings (SSSR count). The van der Waals surface area contributed by atoms with Crippen molar-refractivity contribution in [1.29, 1.82) is 0 Å². The van der Waals surface area contributed by atoms with Gasteiger partial charge in [-0.15, -0.1) is 11.1 Å². The molecule has 0 fully saturated rings. The van der Waals surface area contributed by atoms with Crippen LogP contribution in [-0.2, 0) is 35.7 Å². The molecule has 0 saturated carbocycles. The molecule has 0 amide bonds. The zero-order valence-electron chi connectivity index (χ0n) is 33.6. The SMILES string of the molecule is Cc1cc[c-]c(C2c3cc(C(C)(C)C)cc(n3)C(c3[c-]ccc(C)c3)c3cc(C(C)(C)C)cc(n3)C(c3ccccn3)c3cc(C(C)(C)C)cc2n3)c1.[Ru+2]. The smallest absolute Gasteiger partial charge is 0.260 e. The van der Waals surface area contributed by atoms with Crippen LogP contribution in [0.4, 0.5) is 0 Å². The number of benzene rings is 2. The summed E-state index contributed by atoms with van der Waals surface area (Å²) in [7, 11) is 0. The molecule has 276 valence electrons. The summed E-state index contributed by atoms with van der Waals surface area (Å²) in [5.74, 6) is -0.836. The zero-order chi connectivity index (χ0) is 37.9. The van der Waals surface area contributed by atoms with Gasteiger partial charge in [0.2, 0.25) is 0 Å². The van der Waals surface area contributed by atoms with E-state index < -0.39 is 0 Å².